The molecule has 3 rings (SSSR count). The van der Waals surface area contributed by atoms with Gasteiger partial charge in [0.05, 0.1) is 13.2 Å². The summed E-state index contributed by atoms with van der Waals surface area (Å²) in [5.74, 6) is 0.758. The minimum absolute atomic E-state index is 0.00306. The van der Waals surface area contributed by atoms with Gasteiger partial charge in [-0.3, -0.25) is 14.5 Å². The van der Waals surface area contributed by atoms with Gasteiger partial charge in [0.25, 0.3) is 5.91 Å². The normalized spacial score (nSPS) is 16.0. The van der Waals surface area contributed by atoms with E-state index in [2.05, 4.69) is 15.5 Å². The van der Waals surface area contributed by atoms with E-state index >= 15 is 0 Å². The average Bonchev–Trinajstić information content (AvgIpc) is 2.77. The predicted molar refractivity (Wildman–Crippen MR) is 118 cm³/mol. The van der Waals surface area contributed by atoms with Crippen LogP contribution >= 0.6 is 0 Å². The molecule has 0 aromatic heterocycles. The minimum atomic E-state index is -0.215. The maximum Gasteiger partial charge on any atom is 0.251 e. The Morgan fingerprint density at radius 3 is 2.47 bits per heavy atom. The van der Waals surface area contributed by atoms with Gasteiger partial charge in [-0.05, 0) is 44.4 Å². The second-order valence-corrected chi connectivity index (χ2v) is 7.80. The van der Waals surface area contributed by atoms with Crippen LogP contribution in [-0.2, 0) is 11.3 Å². The molecule has 1 saturated heterocycles. The van der Waals surface area contributed by atoms with Crippen molar-refractivity contribution in [3.05, 3.63) is 65.2 Å². The van der Waals surface area contributed by atoms with E-state index in [1.165, 1.54) is 0 Å². The monoisotopic (exact) mass is 409 g/mol. The first-order valence-electron chi connectivity index (χ1n) is 10.5. The van der Waals surface area contributed by atoms with Crippen LogP contribution in [0.15, 0.2) is 48.5 Å². The van der Waals surface area contributed by atoms with Gasteiger partial charge in [0, 0.05) is 36.8 Å². The molecule has 1 aliphatic rings. The Kier molecular flexibility index (Phi) is 7.46. The standard InChI is InChI=1S/C24H31N3O3/c1-17-8-4-6-10-21(17)24(29)26-20-12-14-27(15-13-20)18(2)23(28)25-16-19-9-5-7-11-22(19)30-3/h4-11,18,20H,12-16H2,1-3H3,(H,25,28)(H,26,29). The summed E-state index contributed by atoms with van der Waals surface area (Å²) in [6.45, 7) is 5.88. The molecule has 1 aliphatic heterocycles. The molecule has 2 aromatic rings. The molecule has 1 unspecified atom stereocenters. The summed E-state index contributed by atoms with van der Waals surface area (Å²) < 4.78 is 5.34. The molecule has 160 valence electrons. The SMILES string of the molecule is COc1ccccc1CNC(=O)C(C)N1CCC(NC(=O)c2ccccc2C)CC1. The van der Waals surface area contributed by atoms with Crippen LogP contribution in [0.2, 0.25) is 0 Å². The van der Waals surface area contributed by atoms with Gasteiger partial charge in [-0.2, -0.15) is 0 Å². The van der Waals surface area contributed by atoms with Gasteiger partial charge < -0.3 is 15.4 Å². The molecule has 0 aliphatic carbocycles. The van der Waals surface area contributed by atoms with Gasteiger partial charge >= 0.3 is 0 Å². The quantitative estimate of drug-likeness (QED) is 0.738. The summed E-state index contributed by atoms with van der Waals surface area (Å²) in [5, 5.41) is 6.16. The van der Waals surface area contributed by atoms with Crippen molar-refractivity contribution in [2.75, 3.05) is 20.2 Å². The number of rotatable bonds is 7. The number of amides is 2. The van der Waals surface area contributed by atoms with Gasteiger partial charge in [-0.25, -0.2) is 0 Å². The number of carbonyl (C=O) groups is 2. The molecule has 0 bridgehead atoms. The number of benzene rings is 2. The van der Waals surface area contributed by atoms with Crippen molar-refractivity contribution in [1.29, 1.82) is 0 Å². The Morgan fingerprint density at radius 1 is 1.10 bits per heavy atom. The number of piperidine rings is 1. The summed E-state index contributed by atoms with van der Waals surface area (Å²) >= 11 is 0. The van der Waals surface area contributed by atoms with Crippen LogP contribution in [-0.4, -0.2) is 49.0 Å². The Hall–Kier alpha value is -2.86. The molecule has 1 fully saturated rings. The molecular formula is C24H31N3O3. The summed E-state index contributed by atoms with van der Waals surface area (Å²) in [7, 11) is 1.63. The van der Waals surface area contributed by atoms with Crippen molar-refractivity contribution < 1.29 is 14.3 Å². The maximum absolute atomic E-state index is 12.6. The molecule has 0 radical (unpaired) electrons. The van der Waals surface area contributed by atoms with E-state index in [0.717, 1.165) is 48.4 Å². The van der Waals surface area contributed by atoms with Crippen molar-refractivity contribution in [2.45, 2.75) is 45.3 Å². The van der Waals surface area contributed by atoms with Gasteiger partial charge in [-0.15, -0.1) is 0 Å². The molecule has 2 amide bonds. The molecule has 1 atom stereocenters. The van der Waals surface area contributed by atoms with E-state index in [1.54, 1.807) is 7.11 Å². The van der Waals surface area contributed by atoms with E-state index < -0.39 is 0 Å². The van der Waals surface area contributed by atoms with Gasteiger partial charge in [0.15, 0.2) is 0 Å². The van der Waals surface area contributed by atoms with Crippen molar-refractivity contribution >= 4 is 11.8 Å². The number of methoxy groups -OCH3 is 1. The van der Waals surface area contributed by atoms with E-state index in [1.807, 2.05) is 62.4 Å². The van der Waals surface area contributed by atoms with Crippen molar-refractivity contribution in [1.82, 2.24) is 15.5 Å². The van der Waals surface area contributed by atoms with Gasteiger partial charge in [0.1, 0.15) is 5.75 Å². The predicted octanol–water partition coefficient (Wildman–Crippen LogP) is 2.90. The second kappa shape index (κ2) is 10.3. The highest BCUT2D eigenvalue weighted by molar-refractivity contribution is 5.95. The van der Waals surface area contributed by atoms with Crippen LogP contribution in [0, 0.1) is 6.92 Å². The summed E-state index contributed by atoms with van der Waals surface area (Å²) in [6.07, 6.45) is 1.67. The Balaban J connectivity index is 1.46. The zero-order valence-electron chi connectivity index (χ0n) is 18.0. The number of hydrogen-bond acceptors (Lipinski definition) is 4. The number of nitrogens with one attached hydrogen (secondary N) is 2. The number of nitrogens with zero attached hydrogens (tertiary/aromatic N) is 1. The molecule has 0 saturated carbocycles. The lowest BCUT2D eigenvalue weighted by molar-refractivity contribution is -0.126. The lowest BCUT2D eigenvalue weighted by atomic mass is 10.0. The fourth-order valence-corrected chi connectivity index (χ4v) is 3.87. The van der Waals surface area contributed by atoms with Gasteiger partial charge in [0.2, 0.25) is 5.91 Å². The lowest BCUT2D eigenvalue weighted by Gasteiger charge is -2.35. The summed E-state index contributed by atoms with van der Waals surface area (Å²) in [4.78, 5) is 27.3. The zero-order valence-corrected chi connectivity index (χ0v) is 18.0. The number of para-hydroxylation sites is 1. The highest BCUT2D eigenvalue weighted by Gasteiger charge is 2.27. The number of hydrogen-bond donors (Lipinski definition) is 2. The third-order valence-electron chi connectivity index (χ3n) is 5.83. The first-order valence-corrected chi connectivity index (χ1v) is 10.5. The Morgan fingerprint density at radius 2 is 1.77 bits per heavy atom. The molecule has 1 heterocycles. The second-order valence-electron chi connectivity index (χ2n) is 7.80. The first kappa shape index (κ1) is 21.8. The fraction of sp³-hybridized carbons (Fsp3) is 0.417. The van der Waals surface area contributed by atoms with Crippen LogP contribution < -0.4 is 15.4 Å². The van der Waals surface area contributed by atoms with Crippen LogP contribution in [0.4, 0.5) is 0 Å². The highest BCUT2D eigenvalue weighted by Crippen LogP contribution is 2.18. The molecule has 6 nitrogen and oxygen atoms in total. The molecule has 0 spiro atoms. The number of aryl methyl sites for hydroxylation is 1. The summed E-state index contributed by atoms with van der Waals surface area (Å²) in [6, 6.07) is 15.2. The maximum atomic E-state index is 12.6. The van der Waals surface area contributed by atoms with Crippen LogP contribution in [0.5, 0.6) is 5.75 Å². The number of likely N-dealkylation sites (tertiary alicyclic amines) is 1. The van der Waals surface area contributed by atoms with E-state index in [0.29, 0.717) is 6.54 Å². The zero-order chi connectivity index (χ0) is 21.5. The largest absolute Gasteiger partial charge is 0.496 e. The third-order valence-corrected chi connectivity index (χ3v) is 5.83. The van der Waals surface area contributed by atoms with Crippen LogP contribution in [0.3, 0.4) is 0 Å². The van der Waals surface area contributed by atoms with E-state index in [-0.39, 0.29) is 23.9 Å². The van der Waals surface area contributed by atoms with E-state index in [9.17, 15) is 9.59 Å². The minimum Gasteiger partial charge on any atom is -0.496 e. The van der Waals surface area contributed by atoms with Crippen molar-refractivity contribution in [2.24, 2.45) is 0 Å². The topological polar surface area (TPSA) is 70.7 Å². The highest BCUT2D eigenvalue weighted by atomic mass is 16.5. The third kappa shape index (κ3) is 5.39. The Bertz CT molecular complexity index is 876. The fourth-order valence-electron chi connectivity index (χ4n) is 3.87. The van der Waals surface area contributed by atoms with Gasteiger partial charge in [-0.1, -0.05) is 36.4 Å². The van der Waals surface area contributed by atoms with E-state index in [4.69, 9.17) is 4.74 Å². The first-order chi connectivity index (χ1) is 14.5. The molecule has 30 heavy (non-hydrogen) atoms. The smallest absolute Gasteiger partial charge is 0.251 e. The molecule has 2 aromatic carbocycles. The lowest BCUT2D eigenvalue weighted by Crippen LogP contribution is -2.51. The van der Waals surface area contributed by atoms with Crippen molar-refractivity contribution in [3.63, 3.8) is 0 Å². The van der Waals surface area contributed by atoms with Crippen LogP contribution in [0.25, 0.3) is 0 Å². The average molecular weight is 410 g/mol. The van der Waals surface area contributed by atoms with Crippen molar-refractivity contribution in [3.8, 4) is 5.75 Å². The summed E-state index contributed by atoms with van der Waals surface area (Å²) in [5.41, 5.74) is 2.66. The molecule has 6 heteroatoms. The Labute approximate surface area is 178 Å². The number of ether oxygens (including phenoxy) is 1. The molecular weight excluding hydrogens is 378 g/mol. The molecule has 2 N–H and O–H groups in total. The number of carbonyl (C=O) groups excluding carboxylic acids is 2. The van der Waals surface area contributed by atoms with Crippen LogP contribution in [0.1, 0.15) is 41.3 Å².